The minimum absolute atomic E-state index is 0.344. The van der Waals surface area contributed by atoms with Crippen molar-refractivity contribution in [2.75, 3.05) is 25.0 Å². The standard InChI is InChI=1S/C11H20N4O/c12-4-2-5-13-10-7-14-15(8-10)9-11-3-1-6-16-11/h7-8,11,13H,1-6,9,12H2. The maximum atomic E-state index is 5.57. The first-order valence-corrected chi connectivity index (χ1v) is 5.96. The number of aromatic nitrogens is 2. The second-order valence-electron chi connectivity index (χ2n) is 4.16. The Bertz CT molecular complexity index is 307. The zero-order valence-electron chi connectivity index (χ0n) is 9.56. The van der Waals surface area contributed by atoms with Crippen LogP contribution in [0.5, 0.6) is 0 Å². The third kappa shape index (κ3) is 3.21. The summed E-state index contributed by atoms with van der Waals surface area (Å²) in [6.07, 6.45) is 7.53. The van der Waals surface area contributed by atoms with Crippen molar-refractivity contribution in [1.82, 2.24) is 9.78 Å². The molecule has 0 aromatic carbocycles. The second kappa shape index (κ2) is 5.86. The summed E-state index contributed by atoms with van der Waals surface area (Å²) in [6.45, 7) is 3.38. The van der Waals surface area contributed by atoms with Gasteiger partial charge in [0.25, 0.3) is 0 Å². The zero-order chi connectivity index (χ0) is 11.2. The van der Waals surface area contributed by atoms with Crippen LogP contribution in [0.4, 0.5) is 5.69 Å². The van der Waals surface area contributed by atoms with Gasteiger partial charge < -0.3 is 15.8 Å². The van der Waals surface area contributed by atoms with Crippen LogP contribution in [-0.4, -0.2) is 35.6 Å². The van der Waals surface area contributed by atoms with Crippen LogP contribution in [-0.2, 0) is 11.3 Å². The van der Waals surface area contributed by atoms with Crippen LogP contribution in [0.15, 0.2) is 12.4 Å². The van der Waals surface area contributed by atoms with Crippen molar-refractivity contribution in [3.63, 3.8) is 0 Å². The van der Waals surface area contributed by atoms with Gasteiger partial charge in [-0.2, -0.15) is 5.10 Å². The van der Waals surface area contributed by atoms with Gasteiger partial charge in [0.15, 0.2) is 0 Å². The van der Waals surface area contributed by atoms with Gasteiger partial charge in [0.1, 0.15) is 0 Å². The Morgan fingerprint density at radius 3 is 3.31 bits per heavy atom. The van der Waals surface area contributed by atoms with Crippen LogP contribution < -0.4 is 11.1 Å². The molecule has 2 rings (SSSR count). The highest BCUT2D eigenvalue weighted by Crippen LogP contribution is 2.14. The van der Waals surface area contributed by atoms with E-state index < -0.39 is 0 Å². The molecule has 0 amide bonds. The average molecular weight is 224 g/mol. The van der Waals surface area contributed by atoms with E-state index in [0.29, 0.717) is 6.10 Å². The molecule has 1 aromatic rings. The third-order valence-electron chi connectivity index (χ3n) is 2.76. The van der Waals surface area contributed by atoms with Gasteiger partial charge in [0, 0.05) is 19.3 Å². The Morgan fingerprint density at radius 2 is 2.56 bits per heavy atom. The smallest absolute Gasteiger partial charge is 0.0771 e. The summed E-state index contributed by atoms with van der Waals surface area (Å²) in [6, 6.07) is 0. The van der Waals surface area contributed by atoms with Crippen molar-refractivity contribution < 1.29 is 4.74 Å². The van der Waals surface area contributed by atoms with E-state index in [-0.39, 0.29) is 0 Å². The van der Waals surface area contributed by atoms with Crippen molar-refractivity contribution in [2.24, 2.45) is 5.73 Å². The Kier molecular flexibility index (Phi) is 4.18. The lowest BCUT2D eigenvalue weighted by Gasteiger charge is -2.08. The topological polar surface area (TPSA) is 65.1 Å². The molecule has 0 bridgehead atoms. The highest BCUT2D eigenvalue weighted by atomic mass is 16.5. The van der Waals surface area contributed by atoms with Gasteiger partial charge in [-0.15, -0.1) is 0 Å². The maximum Gasteiger partial charge on any atom is 0.0771 e. The van der Waals surface area contributed by atoms with E-state index in [0.717, 1.165) is 44.8 Å². The molecule has 1 saturated heterocycles. The Hall–Kier alpha value is -1.07. The molecule has 0 radical (unpaired) electrons. The predicted octanol–water partition coefficient (Wildman–Crippen LogP) is 0.823. The fourth-order valence-corrected chi connectivity index (χ4v) is 1.89. The van der Waals surface area contributed by atoms with Crippen LogP contribution in [0.3, 0.4) is 0 Å². The third-order valence-corrected chi connectivity index (χ3v) is 2.76. The molecular formula is C11H20N4O. The van der Waals surface area contributed by atoms with Crippen molar-refractivity contribution in [1.29, 1.82) is 0 Å². The van der Waals surface area contributed by atoms with E-state index in [9.17, 15) is 0 Å². The summed E-state index contributed by atoms with van der Waals surface area (Å²) < 4.78 is 7.51. The first kappa shape index (κ1) is 11.4. The first-order valence-electron chi connectivity index (χ1n) is 5.96. The summed E-state index contributed by atoms with van der Waals surface area (Å²) in [5.41, 5.74) is 6.49. The summed E-state index contributed by atoms with van der Waals surface area (Å²) in [7, 11) is 0. The number of nitrogens with two attached hydrogens (primary N) is 1. The van der Waals surface area contributed by atoms with E-state index in [4.69, 9.17) is 10.5 Å². The number of anilines is 1. The largest absolute Gasteiger partial charge is 0.382 e. The van der Waals surface area contributed by atoms with Crippen molar-refractivity contribution in [3.8, 4) is 0 Å². The Labute approximate surface area is 96.0 Å². The molecule has 1 aromatic heterocycles. The predicted molar refractivity (Wildman–Crippen MR) is 63.4 cm³/mol. The molecule has 5 heteroatoms. The molecule has 5 nitrogen and oxygen atoms in total. The van der Waals surface area contributed by atoms with Crippen LogP contribution in [0.25, 0.3) is 0 Å². The highest BCUT2D eigenvalue weighted by molar-refractivity contribution is 5.37. The molecule has 1 fully saturated rings. The molecule has 1 aliphatic heterocycles. The molecule has 16 heavy (non-hydrogen) atoms. The van der Waals surface area contributed by atoms with E-state index in [1.807, 2.05) is 17.1 Å². The Morgan fingerprint density at radius 1 is 1.62 bits per heavy atom. The minimum Gasteiger partial charge on any atom is -0.382 e. The molecule has 0 saturated carbocycles. The lowest BCUT2D eigenvalue weighted by molar-refractivity contribution is 0.0940. The summed E-state index contributed by atoms with van der Waals surface area (Å²) in [5.74, 6) is 0. The second-order valence-corrected chi connectivity index (χ2v) is 4.16. The SMILES string of the molecule is NCCCNc1cnn(CC2CCCO2)c1. The monoisotopic (exact) mass is 224 g/mol. The summed E-state index contributed by atoms with van der Waals surface area (Å²) >= 11 is 0. The Balaban J connectivity index is 1.77. The highest BCUT2D eigenvalue weighted by Gasteiger charge is 2.16. The summed E-state index contributed by atoms with van der Waals surface area (Å²) in [4.78, 5) is 0. The fraction of sp³-hybridized carbons (Fsp3) is 0.727. The number of nitrogens with one attached hydrogen (secondary N) is 1. The molecule has 0 aliphatic carbocycles. The number of ether oxygens (including phenoxy) is 1. The lowest BCUT2D eigenvalue weighted by Crippen LogP contribution is -2.15. The molecule has 1 atom stereocenters. The molecule has 90 valence electrons. The van der Waals surface area contributed by atoms with E-state index >= 15 is 0 Å². The van der Waals surface area contributed by atoms with Gasteiger partial charge in [0.2, 0.25) is 0 Å². The summed E-state index contributed by atoms with van der Waals surface area (Å²) in [5, 5.41) is 7.59. The quantitative estimate of drug-likeness (QED) is 0.702. The van der Waals surface area contributed by atoms with E-state index in [1.165, 1.54) is 6.42 Å². The van der Waals surface area contributed by atoms with Crippen molar-refractivity contribution in [2.45, 2.75) is 31.9 Å². The van der Waals surface area contributed by atoms with Crippen LogP contribution in [0.1, 0.15) is 19.3 Å². The van der Waals surface area contributed by atoms with Crippen LogP contribution in [0.2, 0.25) is 0 Å². The number of hydrogen-bond donors (Lipinski definition) is 2. The average Bonchev–Trinajstić information content (AvgIpc) is 2.91. The molecular weight excluding hydrogens is 204 g/mol. The number of hydrogen-bond acceptors (Lipinski definition) is 4. The van der Waals surface area contributed by atoms with Gasteiger partial charge in [-0.05, 0) is 25.8 Å². The zero-order valence-corrected chi connectivity index (χ0v) is 9.56. The number of rotatable bonds is 6. The molecule has 1 unspecified atom stereocenters. The van der Waals surface area contributed by atoms with Crippen molar-refractivity contribution >= 4 is 5.69 Å². The van der Waals surface area contributed by atoms with Gasteiger partial charge in [0.05, 0.1) is 24.5 Å². The first-order chi connectivity index (χ1) is 7.88. The van der Waals surface area contributed by atoms with Gasteiger partial charge in [-0.1, -0.05) is 0 Å². The number of nitrogens with zero attached hydrogens (tertiary/aromatic N) is 2. The maximum absolute atomic E-state index is 5.57. The van der Waals surface area contributed by atoms with E-state index in [1.54, 1.807) is 0 Å². The minimum atomic E-state index is 0.344. The fourth-order valence-electron chi connectivity index (χ4n) is 1.89. The van der Waals surface area contributed by atoms with Gasteiger partial charge in [-0.3, -0.25) is 4.68 Å². The van der Waals surface area contributed by atoms with E-state index in [2.05, 4.69) is 10.4 Å². The van der Waals surface area contributed by atoms with Crippen LogP contribution in [0, 0.1) is 0 Å². The normalized spacial score (nSPS) is 20.2. The van der Waals surface area contributed by atoms with Gasteiger partial charge >= 0.3 is 0 Å². The molecule has 2 heterocycles. The van der Waals surface area contributed by atoms with Crippen LogP contribution >= 0.6 is 0 Å². The molecule has 1 aliphatic rings. The molecule has 0 spiro atoms. The lowest BCUT2D eigenvalue weighted by atomic mass is 10.2. The van der Waals surface area contributed by atoms with Gasteiger partial charge in [-0.25, -0.2) is 0 Å². The van der Waals surface area contributed by atoms with Crippen molar-refractivity contribution in [3.05, 3.63) is 12.4 Å². The molecule has 3 N–H and O–H groups in total.